The molecule has 0 aliphatic carbocycles. The summed E-state index contributed by atoms with van der Waals surface area (Å²) in [6.45, 7) is 11.8. The van der Waals surface area contributed by atoms with Gasteiger partial charge in [-0.25, -0.2) is 9.59 Å². The molecule has 4 nitrogen and oxygen atoms in total. The Labute approximate surface area is 282 Å². The molecule has 0 saturated carbocycles. The quantitative estimate of drug-likeness (QED) is 0.0511. The first-order valence-electron chi connectivity index (χ1n) is 15.5. The molecule has 5 heteroatoms. The van der Waals surface area contributed by atoms with E-state index in [-0.39, 0.29) is 5.97 Å². The molecule has 0 unspecified atom stereocenters. The minimum absolute atomic E-state index is 0.327. The standard InChI is InChI=1S/C42H38O4S/c1-5-41(43)45-26-7-8-28-47-38-21-17-34(18-22-38)14-16-37-20-24-40(32(4)30-37)39-23-19-36(29-31(39)3)15-13-33-9-11-35(12-10-33)25-27-46-42(44)6-2/h5-6,9-12,17-24,29-30H,1-2,7-8,25-28H2,3-4H3. The van der Waals surface area contributed by atoms with E-state index in [1.165, 1.54) is 33.7 Å². The summed E-state index contributed by atoms with van der Waals surface area (Å²) in [7, 11) is 0. The van der Waals surface area contributed by atoms with Crippen LogP contribution in [-0.2, 0) is 25.5 Å². The van der Waals surface area contributed by atoms with Gasteiger partial charge in [-0.3, -0.25) is 0 Å². The molecule has 0 aliphatic rings. The van der Waals surface area contributed by atoms with E-state index < -0.39 is 5.97 Å². The van der Waals surface area contributed by atoms with Crippen LogP contribution >= 0.6 is 11.8 Å². The van der Waals surface area contributed by atoms with Crippen molar-refractivity contribution in [1.29, 1.82) is 0 Å². The summed E-state index contributed by atoms with van der Waals surface area (Å²) in [4.78, 5) is 23.5. The summed E-state index contributed by atoms with van der Waals surface area (Å²) in [5, 5.41) is 0. The normalized spacial score (nSPS) is 10.1. The van der Waals surface area contributed by atoms with Gasteiger partial charge in [-0.15, -0.1) is 11.8 Å². The predicted molar refractivity (Wildman–Crippen MR) is 192 cm³/mol. The zero-order valence-corrected chi connectivity index (χ0v) is 27.8. The molecule has 4 aromatic rings. The molecule has 0 amide bonds. The molecule has 4 aromatic carbocycles. The fourth-order valence-electron chi connectivity index (χ4n) is 4.72. The third-order valence-corrected chi connectivity index (χ3v) is 8.37. The molecule has 0 atom stereocenters. The number of aryl methyl sites for hydroxylation is 2. The van der Waals surface area contributed by atoms with Crippen LogP contribution in [-0.4, -0.2) is 30.9 Å². The first-order chi connectivity index (χ1) is 22.8. The predicted octanol–water partition coefficient (Wildman–Crippen LogP) is 8.64. The summed E-state index contributed by atoms with van der Waals surface area (Å²) >= 11 is 1.79. The van der Waals surface area contributed by atoms with Crippen LogP contribution in [0.5, 0.6) is 0 Å². The highest BCUT2D eigenvalue weighted by Crippen LogP contribution is 2.28. The molecule has 47 heavy (non-hydrogen) atoms. The lowest BCUT2D eigenvalue weighted by Gasteiger charge is -2.10. The summed E-state index contributed by atoms with van der Waals surface area (Å²) in [6, 6.07) is 29.0. The SMILES string of the molecule is C=CC(=O)OCCCCSc1ccc(C#Cc2ccc(-c3ccc(C#Cc4ccc(CCOC(=O)C=C)cc4)cc3C)c(C)c2)cc1. The van der Waals surface area contributed by atoms with Gasteiger partial charge >= 0.3 is 11.9 Å². The minimum Gasteiger partial charge on any atom is -0.463 e. The van der Waals surface area contributed by atoms with Crippen molar-refractivity contribution in [3.05, 3.63) is 149 Å². The number of thioether (sulfide) groups is 1. The highest BCUT2D eigenvalue weighted by atomic mass is 32.2. The number of rotatable bonds is 12. The molecular formula is C42H38O4S. The molecule has 0 radical (unpaired) electrons. The van der Waals surface area contributed by atoms with Gasteiger partial charge in [0.25, 0.3) is 0 Å². The Balaban J connectivity index is 1.31. The molecule has 0 spiro atoms. The van der Waals surface area contributed by atoms with Crippen LogP contribution in [0.2, 0.25) is 0 Å². The smallest absolute Gasteiger partial charge is 0.330 e. The van der Waals surface area contributed by atoms with E-state index in [9.17, 15) is 9.59 Å². The van der Waals surface area contributed by atoms with E-state index in [2.05, 4.69) is 111 Å². The maximum Gasteiger partial charge on any atom is 0.330 e. The summed E-state index contributed by atoms with van der Waals surface area (Å²) in [5.74, 6) is 13.3. The summed E-state index contributed by atoms with van der Waals surface area (Å²) in [6.07, 6.45) is 4.82. The lowest BCUT2D eigenvalue weighted by molar-refractivity contribution is -0.138. The van der Waals surface area contributed by atoms with Crippen LogP contribution in [0.1, 0.15) is 51.8 Å². The van der Waals surface area contributed by atoms with Crippen molar-refractivity contribution < 1.29 is 19.1 Å². The monoisotopic (exact) mass is 638 g/mol. The molecule has 236 valence electrons. The van der Waals surface area contributed by atoms with Gasteiger partial charge in [-0.05, 0) is 121 Å². The van der Waals surface area contributed by atoms with Crippen LogP contribution in [0, 0.1) is 37.5 Å². The van der Waals surface area contributed by atoms with Crippen LogP contribution < -0.4 is 0 Å². The van der Waals surface area contributed by atoms with Gasteiger partial charge in [0.2, 0.25) is 0 Å². The second kappa shape index (κ2) is 18.1. The van der Waals surface area contributed by atoms with Gasteiger partial charge in [0.15, 0.2) is 0 Å². The van der Waals surface area contributed by atoms with Crippen LogP contribution in [0.4, 0.5) is 0 Å². The average molecular weight is 639 g/mol. The van der Waals surface area contributed by atoms with Gasteiger partial charge in [0.1, 0.15) is 0 Å². The highest BCUT2D eigenvalue weighted by molar-refractivity contribution is 7.99. The molecule has 0 saturated heterocycles. The Kier molecular flexibility index (Phi) is 13.3. The second-order valence-corrected chi connectivity index (χ2v) is 12.0. The molecule has 0 heterocycles. The van der Waals surface area contributed by atoms with Crippen molar-refractivity contribution in [2.24, 2.45) is 0 Å². The number of esters is 2. The lowest BCUT2D eigenvalue weighted by Crippen LogP contribution is -2.04. The minimum atomic E-state index is -0.407. The molecule has 0 bridgehead atoms. The van der Waals surface area contributed by atoms with Gasteiger partial charge in [0, 0.05) is 45.7 Å². The lowest BCUT2D eigenvalue weighted by atomic mass is 9.94. The van der Waals surface area contributed by atoms with Crippen molar-refractivity contribution in [2.75, 3.05) is 19.0 Å². The second-order valence-electron chi connectivity index (χ2n) is 10.8. The number of benzene rings is 4. The average Bonchev–Trinajstić information content (AvgIpc) is 3.09. The van der Waals surface area contributed by atoms with E-state index >= 15 is 0 Å². The topological polar surface area (TPSA) is 52.6 Å². The number of unbranched alkanes of at least 4 members (excludes halogenated alkanes) is 1. The Bertz CT molecular complexity index is 1850. The van der Waals surface area contributed by atoms with Crippen molar-refractivity contribution in [3.8, 4) is 34.8 Å². The molecule has 0 aliphatic heterocycles. The van der Waals surface area contributed by atoms with Crippen LogP contribution in [0.3, 0.4) is 0 Å². The first kappa shape index (κ1) is 34.6. The Morgan fingerprint density at radius 3 is 1.62 bits per heavy atom. The molecular weight excluding hydrogens is 601 g/mol. The number of carbonyl (C=O) groups excluding carboxylic acids is 2. The zero-order chi connectivity index (χ0) is 33.4. The number of ether oxygens (including phenoxy) is 2. The number of carbonyl (C=O) groups is 2. The third kappa shape index (κ3) is 11.3. The van der Waals surface area contributed by atoms with E-state index in [1.54, 1.807) is 11.8 Å². The van der Waals surface area contributed by atoms with Crippen molar-refractivity contribution in [1.82, 2.24) is 0 Å². The fraction of sp³-hybridized carbons (Fsp3) is 0.190. The van der Waals surface area contributed by atoms with Gasteiger partial charge in [-0.2, -0.15) is 0 Å². The molecule has 4 rings (SSSR count). The largest absolute Gasteiger partial charge is 0.463 e. The van der Waals surface area contributed by atoms with Gasteiger partial charge in [-0.1, -0.05) is 61.1 Å². The fourth-order valence-corrected chi connectivity index (χ4v) is 5.63. The third-order valence-electron chi connectivity index (χ3n) is 7.27. The van der Waals surface area contributed by atoms with Crippen LogP contribution in [0.15, 0.2) is 115 Å². The first-order valence-corrected chi connectivity index (χ1v) is 16.5. The van der Waals surface area contributed by atoms with Gasteiger partial charge in [0.05, 0.1) is 13.2 Å². The van der Waals surface area contributed by atoms with E-state index in [0.717, 1.165) is 52.0 Å². The van der Waals surface area contributed by atoms with Crippen molar-refractivity contribution in [3.63, 3.8) is 0 Å². The maximum atomic E-state index is 11.2. The Morgan fingerprint density at radius 1 is 0.638 bits per heavy atom. The Hall–Kier alpha value is -5.23. The van der Waals surface area contributed by atoms with Crippen LogP contribution in [0.25, 0.3) is 11.1 Å². The van der Waals surface area contributed by atoms with Crippen molar-refractivity contribution >= 4 is 23.7 Å². The summed E-state index contributed by atoms with van der Waals surface area (Å²) in [5.41, 5.74) is 9.62. The van der Waals surface area contributed by atoms with Crippen molar-refractivity contribution in [2.45, 2.75) is 38.0 Å². The maximum absolute atomic E-state index is 11.2. The highest BCUT2D eigenvalue weighted by Gasteiger charge is 2.07. The summed E-state index contributed by atoms with van der Waals surface area (Å²) < 4.78 is 10.1. The number of hydrogen-bond acceptors (Lipinski definition) is 5. The molecule has 0 fully saturated rings. The van der Waals surface area contributed by atoms with E-state index in [1.807, 2.05) is 24.3 Å². The zero-order valence-electron chi connectivity index (χ0n) is 26.9. The van der Waals surface area contributed by atoms with E-state index in [0.29, 0.717) is 19.6 Å². The molecule has 0 aromatic heterocycles. The number of hydrogen-bond donors (Lipinski definition) is 0. The van der Waals surface area contributed by atoms with E-state index in [4.69, 9.17) is 9.47 Å². The van der Waals surface area contributed by atoms with Gasteiger partial charge < -0.3 is 9.47 Å². The molecule has 0 N–H and O–H groups in total. The Morgan fingerprint density at radius 2 is 1.11 bits per heavy atom.